The van der Waals surface area contributed by atoms with Gasteiger partial charge in [-0.15, -0.1) is 0 Å². The molecule has 0 fully saturated rings. The van der Waals surface area contributed by atoms with E-state index in [-0.39, 0.29) is 96.8 Å². The average molecular weight is 391 g/mol. The quantitative estimate of drug-likeness (QED) is 0.225. The molecule has 0 aliphatic carbocycles. The van der Waals surface area contributed by atoms with Gasteiger partial charge in [0.05, 0.1) is 0 Å². The van der Waals surface area contributed by atoms with E-state index in [1.54, 1.807) is 0 Å². The fraction of sp³-hybridized carbons (Fsp3) is 0. The van der Waals surface area contributed by atoms with Gasteiger partial charge in [0.25, 0.3) is 0 Å². The van der Waals surface area contributed by atoms with E-state index in [0.717, 1.165) is 0 Å². The van der Waals surface area contributed by atoms with Gasteiger partial charge in [-0.3, -0.25) is 8.42 Å². The number of carboxylic acid groups (broad SMARTS) is 2. The van der Waals surface area contributed by atoms with Crippen LogP contribution >= 0.6 is 0 Å². The molecule has 0 saturated heterocycles. The molecule has 1 radical (unpaired) electrons. The maximum absolute atomic E-state index is 8.52. The van der Waals surface area contributed by atoms with Crippen LogP contribution in [0.3, 0.4) is 0 Å². The van der Waals surface area contributed by atoms with E-state index in [4.69, 9.17) is 32.5 Å². The minimum absolute atomic E-state index is 0. The average Bonchev–Trinajstić information content (AvgIpc) is 1.19. The van der Waals surface area contributed by atoms with Gasteiger partial charge >= 0.3 is 91.3 Å². The summed E-state index contributed by atoms with van der Waals surface area (Å²) in [7, 11) is -5.17. The summed E-state index contributed by atoms with van der Waals surface area (Å²) in [5.41, 5.74) is 0. The predicted octanol–water partition coefficient (Wildman–Crippen LogP) is -4.73. The minimum Gasteiger partial charge on any atom is -0.870 e. The molecule has 0 aromatic rings. The van der Waals surface area contributed by atoms with Gasteiger partial charge in [-0.1, -0.05) is 0 Å². The second kappa shape index (κ2) is 29.7. The van der Waals surface area contributed by atoms with Gasteiger partial charge < -0.3 is 29.6 Å². The molecule has 0 aromatic carbocycles. The molecular weight excluding hydrogens is 390 g/mol. The molecular formula is CHAlCrFeMgNiO8S+7. The van der Waals surface area contributed by atoms with Crippen molar-refractivity contribution in [1.82, 2.24) is 0 Å². The summed E-state index contributed by atoms with van der Waals surface area (Å²) in [6, 6.07) is 0. The molecule has 0 spiro atoms. The molecule has 1 N–H and O–H groups in total. The van der Waals surface area contributed by atoms with Crippen LogP contribution in [0, 0.1) is 0 Å². The summed E-state index contributed by atoms with van der Waals surface area (Å²) in [4.78, 5) is 8.33. The minimum atomic E-state index is -5.17. The van der Waals surface area contributed by atoms with Crippen LogP contribution in [0.15, 0.2) is 0 Å². The van der Waals surface area contributed by atoms with Gasteiger partial charge in [0.2, 0.25) is 0 Å². The van der Waals surface area contributed by atoms with Crippen LogP contribution in [0.1, 0.15) is 0 Å². The number of hydrogen-bond acceptors (Lipinski definition) is 8. The van der Waals surface area contributed by atoms with E-state index in [9.17, 15) is 0 Å². The van der Waals surface area contributed by atoms with Crippen LogP contribution in [-0.4, -0.2) is 69.6 Å². The van der Waals surface area contributed by atoms with E-state index in [1.165, 1.54) is 0 Å². The van der Waals surface area contributed by atoms with Crippen molar-refractivity contribution in [2.24, 2.45) is 0 Å². The van der Waals surface area contributed by atoms with E-state index in [1.807, 2.05) is 0 Å². The third-order valence-electron chi connectivity index (χ3n) is 0. The predicted molar refractivity (Wildman–Crippen MR) is 29.3 cm³/mol. The van der Waals surface area contributed by atoms with Crippen LogP contribution in [0.2, 0.25) is 0 Å². The Hall–Kier alpha value is 1.94. The van der Waals surface area contributed by atoms with Crippen LogP contribution in [0.4, 0.5) is 4.79 Å². The second-order valence-electron chi connectivity index (χ2n) is 0.658. The molecule has 0 aliphatic rings. The standard InChI is InChI=1S/CH2O3.Al.Cr.Fe.Mg.Ni.H2O4S.H2O/c2-1(3)4;;;;;;1-5(2,3)4;/h(H2,2,3,4);;;;;;(H2,1,2,3,4);1H2/q;2*+3;3*+2;;/p-5. The Labute approximate surface area is 144 Å². The van der Waals surface area contributed by atoms with E-state index in [0.29, 0.717) is 0 Å². The molecule has 8 nitrogen and oxygen atoms in total. The topological polar surface area (TPSA) is 173 Å². The van der Waals surface area contributed by atoms with Crippen molar-refractivity contribution in [3.05, 3.63) is 0 Å². The molecule has 15 heavy (non-hydrogen) atoms. The number of carbonyl (C=O) groups excluding carboxylic acids is 1. The first-order valence-electron chi connectivity index (χ1n) is 1.28. The SMILES string of the molecule is O=C([O-])[O-].O=S(=O)([O-])[O-].[Al+3].[Cr+3].[Fe+2].[Mg+2].[Ni+2].[OH-]. The molecule has 0 heterocycles. The van der Waals surface area contributed by atoms with Crippen molar-refractivity contribution in [2.75, 3.05) is 0 Å². The second-order valence-corrected chi connectivity index (χ2v) is 1.47. The summed E-state index contributed by atoms with van der Waals surface area (Å²) < 4.78 is 34.1. The van der Waals surface area contributed by atoms with Crippen LogP contribution in [0.5, 0.6) is 0 Å². The maximum Gasteiger partial charge on any atom is 3.00 e. The zero-order valence-corrected chi connectivity index (χ0v) is 13.3. The molecule has 0 rings (SSSR count). The molecule has 14 heteroatoms. The number of rotatable bonds is 0. The van der Waals surface area contributed by atoms with Gasteiger partial charge in [-0.2, -0.15) is 0 Å². The first-order valence-corrected chi connectivity index (χ1v) is 2.61. The first kappa shape index (κ1) is 53.8. The molecule has 0 amide bonds. The third kappa shape index (κ3) is 820. The van der Waals surface area contributed by atoms with Gasteiger partial charge in [0.15, 0.2) is 0 Å². The fourth-order valence-electron chi connectivity index (χ4n) is 0. The molecule has 0 aliphatic heterocycles. The van der Waals surface area contributed by atoms with E-state index >= 15 is 0 Å². The van der Waals surface area contributed by atoms with Crippen LogP contribution < -0.4 is 10.2 Å². The first-order chi connectivity index (χ1) is 3.73. The zero-order valence-electron chi connectivity index (χ0n) is 6.58. The summed E-state index contributed by atoms with van der Waals surface area (Å²) in [5, 5.41) is 16.7. The molecule has 0 saturated carbocycles. The molecule has 0 aromatic heterocycles. The maximum atomic E-state index is 8.52. The zero-order chi connectivity index (χ0) is 8.08. The van der Waals surface area contributed by atoms with Crippen molar-refractivity contribution in [1.29, 1.82) is 0 Å². The van der Waals surface area contributed by atoms with Crippen molar-refractivity contribution >= 4 is 57.0 Å². The Balaban J connectivity index is -0.00000000785. The Bertz CT molecular complexity index is 177. The molecule has 0 atom stereocenters. The summed E-state index contributed by atoms with van der Waals surface area (Å²) in [6.45, 7) is 0. The Kier molecular flexibility index (Phi) is 107. The van der Waals surface area contributed by atoms with Crippen molar-refractivity contribution in [3.8, 4) is 0 Å². The third-order valence-corrected chi connectivity index (χ3v) is 0. The Morgan fingerprint density at radius 2 is 1.07 bits per heavy atom. The van der Waals surface area contributed by atoms with Gasteiger partial charge in [0.1, 0.15) is 0 Å². The molecule has 0 bridgehead atoms. The van der Waals surface area contributed by atoms with Crippen LogP contribution in [0.25, 0.3) is 0 Å². The smallest absolute Gasteiger partial charge is 0.870 e. The summed E-state index contributed by atoms with van der Waals surface area (Å²) >= 11 is 0. The Morgan fingerprint density at radius 3 is 1.07 bits per heavy atom. The normalized spacial score (nSPS) is 5.47. The molecule has 0 unspecified atom stereocenters. The van der Waals surface area contributed by atoms with Crippen molar-refractivity contribution < 1.29 is 88.9 Å². The number of carbonyl (C=O) groups is 1. The fourth-order valence-corrected chi connectivity index (χ4v) is 0. The van der Waals surface area contributed by atoms with E-state index < -0.39 is 16.6 Å². The monoisotopic (exact) mass is 390 g/mol. The molecule has 81 valence electrons. The van der Waals surface area contributed by atoms with Gasteiger partial charge in [-0.05, 0) is 6.16 Å². The Morgan fingerprint density at radius 1 is 1.07 bits per heavy atom. The van der Waals surface area contributed by atoms with Crippen molar-refractivity contribution in [3.63, 3.8) is 0 Å². The summed E-state index contributed by atoms with van der Waals surface area (Å²) in [6.07, 6.45) is -2.33. The van der Waals surface area contributed by atoms with Gasteiger partial charge in [0, 0.05) is 10.4 Å². The van der Waals surface area contributed by atoms with Crippen LogP contribution in [-0.2, 0) is 61.3 Å². The van der Waals surface area contributed by atoms with Gasteiger partial charge in [-0.25, -0.2) is 0 Å². The number of hydrogen-bond donors (Lipinski definition) is 0. The van der Waals surface area contributed by atoms with E-state index in [2.05, 4.69) is 0 Å². The summed E-state index contributed by atoms with van der Waals surface area (Å²) in [5.74, 6) is 0. The largest absolute Gasteiger partial charge is 3.00 e. The van der Waals surface area contributed by atoms with Crippen molar-refractivity contribution in [2.45, 2.75) is 0 Å².